The van der Waals surface area contributed by atoms with Gasteiger partial charge in [0, 0.05) is 12.6 Å². The molecule has 0 atom stereocenters. The number of rotatable bonds is 3. The summed E-state index contributed by atoms with van der Waals surface area (Å²) in [5, 5.41) is 9.18. The van der Waals surface area contributed by atoms with Crippen molar-refractivity contribution in [3.05, 3.63) is 57.5 Å². The molecule has 0 fully saturated rings. The third kappa shape index (κ3) is 3.06. The standard InChI is InChI=1S/C17H17NO5/c1-11-5-6-18(16(19)15(11)17(20)21)10-12-3-4-13-14(9-12)23-8-2-7-22-13/h3-6,9H,2,7-8,10H2,1H3,(H,20,21). The van der Waals surface area contributed by atoms with Crippen LogP contribution < -0.4 is 15.0 Å². The number of benzene rings is 1. The molecule has 3 rings (SSSR count). The van der Waals surface area contributed by atoms with Gasteiger partial charge < -0.3 is 19.1 Å². The summed E-state index contributed by atoms with van der Waals surface area (Å²) in [5.74, 6) is 0.132. The van der Waals surface area contributed by atoms with Crippen LogP contribution in [-0.4, -0.2) is 28.9 Å². The number of aryl methyl sites for hydroxylation is 1. The van der Waals surface area contributed by atoms with E-state index in [1.807, 2.05) is 18.2 Å². The molecule has 1 aliphatic heterocycles. The maximum atomic E-state index is 12.3. The number of ether oxygens (including phenoxy) is 2. The molecule has 6 heteroatoms. The molecule has 1 aromatic carbocycles. The van der Waals surface area contributed by atoms with E-state index in [2.05, 4.69) is 0 Å². The summed E-state index contributed by atoms with van der Waals surface area (Å²) in [6, 6.07) is 7.12. The monoisotopic (exact) mass is 315 g/mol. The maximum absolute atomic E-state index is 12.3. The predicted molar refractivity (Wildman–Crippen MR) is 83.5 cm³/mol. The Morgan fingerprint density at radius 2 is 1.96 bits per heavy atom. The first-order valence-electron chi connectivity index (χ1n) is 7.38. The Morgan fingerprint density at radius 3 is 2.70 bits per heavy atom. The second-order valence-electron chi connectivity index (χ2n) is 5.44. The van der Waals surface area contributed by atoms with E-state index in [0.717, 1.165) is 12.0 Å². The number of pyridine rings is 1. The van der Waals surface area contributed by atoms with Crippen molar-refractivity contribution in [3.63, 3.8) is 0 Å². The summed E-state index contributed by atoms with van der Waals surface area (Å²) >= 11 is 0. The first kappa shape index (κ1) is 15.1. The van der Waals surface area contributed by atoms with E-state index in [9.17, 15) is 14.7 Å². The number of hydrogen-bond acceptors (Lipinski definition) is 4. The van der Waals surface area contributed by atoms with Crippen LogP contribution in [0.1, 0.15) is 27.9 Å². The zero-order chi connectivity index (χ0) is 16.4. The van der Waals surface area contributed by atoms with Gasteiger partial charge in [-0.25, -0.2) is 4.79 Å². The van der Waals surface area contributed by atoms with Crippen molar-refractivity contribution in [2.24, 2.45) is 0 Å². The lowest BCUT2D eigenvalue weighted by Gasteiger charge is -2.11. The van der Waals surface area contributed by atoms with E-state index >= 15 is 0 Å². The topological polar surface area (TPSA) is 77.8 Å². The molecule has 0 unspecified atom stereocenters. The van der Waals surface area contributed by atoms with Crippen molar-refractivity contribution >= 4 is 5.97 Å². The van der Waals surface area contributed by atoms with Crippen LogP contribution in [0.25, 0.3) is 0 Å². The van der Waals surface area contributed by atoms with Crippen molar-refractivity contribution in [2.75, 3.05) is 13.2 Å². The quantitative estimate of drug-likeness (QED) is 0.938. The molecule has 1 aromatic heterocycles. The van der Waals surface area contributed by atoms with Crippen LogP contribution in [0.4, 0.5) is 0 Å². The third-order valence-corrected chi connectivity index (χ3v) is 3.75. The van der Waals surface area contributed by atoms with Crippen molar-refractivity contribution in [3.8, 4) is 11.5 Å². The molecule has 0 spiro atoms. The van der Waals surface area contributed by atoms with Crippen molar-refractivity contribution in [1.82, 2.24) is 4.57 Å². The maximum Gasteiger partial charge on any atom is 0.341 e. The van der Waals surface area contributed by atoms with Crippen molar-refractivity contribution < 1.29 is 19.4 Å². The highest BCUT2D eigenvalue weighted by molar-refractivity contribution is 5.88. The predicted octanol–water partition coefficient (Wildman–Crippen LogP) is 2.06. The molecule has 0 saturated carbocycles. The molecule has 0 aliphatic carbocycles. The molecular weight excluding hydrogens is 298 g/mol. The highest BCUT2D eigenvalue weighted by atomic mass is 16.5. The van der Waals surface area contributed by atoms with Crippen LogP contribution in [0, 0.1) is 6.92 Å². The van der Waals surface area contributed by atoms with Crippen LogP contribution in [-0.2, 0) is 6.54 Å². The Balaban J connectivity index is 1.94. The summed E-state index contributed by atoms with van der Waals surface area (Å²) in [7, 11) is 0. The summed E-state index contributed by atoms with van der Waals surface area (Å²) in [4.78, 5) is 23.5. The van der Waals surface area contributed by atoms with E-state index in [1.54, 1.807) is 19.2 Å². The van der Waals surface area contributed by atoms with Gasteiger partial charge in [-0.1, -0.05) is 6.07 Å². The van der Waals surface area contributed by atoms with Gasteiger partial charge in [-0.05, 0) is 36.2 Å². The van der Waals surface area contributed by atoms with Gasteiger partial charge in [-0.2, -0.15) is 0 Å². The van der Waals surface area contributed by atoms with Crippen LogP contribution >= 0.6 is 0 Å². The molecule has 0 bridgehead atoms. The highest BCUT2D eigenvalue weighted by Gasteiger charge is 2.15. The number of carboxylic acids is 1. The Kier molecular flexibility index (Phi) is 4.06. The molecular formula is C17H17NO5. The van der Waals surface area contributed by atoms with Gasteiger partial charge in [0.25, 0.3) is 5.56 Å². The fraction of sp³-hybridized carbons (Fsp3) is 0.294. The molecule has 0 radical (unpaired) electrons. The lowest BCUT2D eigenvalue weighted by molar-refractivity contribution is 0.0693. The fourth-order valence-electron chi connectivity index (χ4n) is 2.55. The second kappa shape index (κ2) is 6.16. The molecule has 2 heterocycles. The Labute approximate surface area is 132 Å². The zero-order valence-corrected chi connectivity index (χ0v) is 12.7. The number of aromatic carboxylic acids is 1. The molecule has 1 aliphatic rings. The van der Waals surface area contributed by atoms with Crippen LogP contribution in [0.2, 0.25) is 0 Å². The number of fused-ring (bicyclic) bond motifs is 1. The SMILES string of the molecule is Cc1ccn(Cc2ccc3c(c2)OCCCO3)c(=O)c1C(=O)O. The first-order valence-corrected chi connectivity index (χ1v) is 7.38. The molecule has 1 N–H and O–H groups in total. The minimum absolute atomic E-state index is 0.193. The van der Waals surface area contributed by atoms with Gasteiger partial charge in [-0.15, -0.1) is 0 Å². The minimum atomic E-state index is -1.21. The Bertz CT molecular complexity index is 809. The smallest absolute Gasteiger partial charge is 0.341 e. The zero-order valence-electron chi connectivity index (χ0n) is 12.7. The van der Waals surface area contributed by atoms with Crippen LogP contribution in [0.3, 0.4) is 0 Å². The number of aromatic nitrogens is 1. The summed E-state index contributed by atoms with van der Waals surface area (Å²) in [6.45, 7) is 3.09. The molecule has 6 nitrogen and oxygen atoms in total. The average Bonchev–Trinajstić information content (AvgIpc) is 2.74. The minimum Gasteiger partial charge on any atom is -0.490 e. The number of carbonyl (C=O) groups is 1. The van der Waals surface area contributed by atoms with E-state index in [0.29, 0.717) is 30.3 Å². The second-order valence-corrected chi connectivity index (χ2v) is 5.44. The molecule has 0 saturated heterocycles. The van der Waals surface area contributed by atoms with Gasteiger partial charge >= 0.3 is 5.97 Å². The average molecular weight is 315 g/mol. The number of carboxylic acid groups (broad SMARTS) is 1. The normalized spacial score (nSPS) is 13.4. The lowest BCUT2D eigenvalue weighted by Crippen LogP contribution is -2.27. The Hall–Kier alpha value is -2.76. The molecule has 23 heavy (non-hydrogen) atoms. The van der Waals surface area contributed by atoms with Gasteiger partial charge in [-0.3, -0.25) is 4.79 Å². The molecule has 0 amide bonds. The Morgan fingerprint density at radius 1 is 1.22 bits per heavy atom. The van der Waals surface area contributed by atoms with Gasteiger partial charge in [0.1, 0.15) is 5.56 Å². The first-order chi connectivity index (χ1) is 11.1. The molecule has 120 valence electrons. The van der Waals surface area contributed by atoms with Crippen molar-refractivity contribution in [1.29, 1.82) is 0 Å². The van der Waals surface area contributed by atoms with E-state index < -0.39 is 11.5 Å². The van der Waals surface area contributed by atoms with Crippen molar-refractivity contribution in [2.45, 2.75) is 19.9 Å². The summed E-state index contributed by atoms with van der Waals surface area (Å²) in [6.07, 6.45) is 2.43. The van der Waals surface area contributed by atoms with Gasteiger partial charge in [0.2, 0.25) is 0 Å². The molecule has 2 aromatic rings. The number of hydrogen-bond donors (Lipinski definition) is 1. The lowest BCUT2D eigenvalue weighted by atomic mass is 10.1. The van der Waals surface area contributed by atoms with E-state index in [-0.39, 0.29) is 12.1 Å². The van der Waals surface area contributed by atoms with Crippen LogP contribution in [0.15, 0.2) is 35.3 Å². The highest BCUT2D eigenvalue weighted by Crippen LogP contribution is 2.30. The van der Waals surface area contributed by atoms with Crippen LogP contribution in [0.5, 0.6) is 11.5 Å². The van der Waals surface area contributed by atoms with Gasteiger partial charge in [0.15, 0.2) is 11.5 Å². The third-order valence-electron chi connectivity index (χ3n) is 3.75. The van der Waals surface area contributed by atoms with E-state index in [1.165, 1.54) is 4.57 Å². The summed E-state index contributed by atoms with van der Waals surface area (Å²) < 4.78 is 12.6. The van der Waals surface area contributed by atoms with E-state index in [4.69, 9.17) is 9.47 Å². The fourth-order valence-corrected chi connectivity index (χ4v) is 2.55. The summed E-state index contributed by atoms with van der Waals surface area (Å²) in [5.41, 5.74) is 0.598. The largest absolute Gasteiger partial charge is 0.490 e. The van der Waals surface area contributed by atoms with Gasteiger partial charge in [0.05, 0.1) is 19.8 Å². The number of nitrogens with zero attached hydrogens (tertiary/aromatic N) is 1.